The molecule has 0 aliphatic carbocycles. The highest BCUT2D eigenvalue weighted by molar-refractivity contribution is 7.99. The zero-order valence-corrected chi connectivity index (χ0v) is 12.8. The molecule has 0 fully saturated rings. The lowest BCUT2D eigenvalue weighted by atomic mass is 10.2. The van der Waals surface area contributed by atoms with Gasteiger partial charge in [0.15, 0.2) is 5.82 Å². The summed E-state index contributed by atoms with van der Waals surface area (Å²) in [6.07, 6.45) is 1.54. The van der Waals surface area contributed by atoms with Gasteiger partial charge in [-0.1, -0.05) is 60.3 Å². The predicted molar refractivity (Wildman–Crippen MR) is 90.8 cm³/mol. The van der Waals surface area contributed by atoms with Crippen molar-refractivity contribution in [2.75, 3.05) is 11.1 Å². The van der Waals surface area contributed by atoms with E-state index in [4.69, 9.17) is 5.73 Å². The first-order chi connectivity index (χ1) is 10.8. The van der Waals surface area contributed by atoms with Crippen molar-refractivity contribution in [1.82, 2.24) is 9.97 Å². The number of hydrogen-bond acceptors (Lipinski definition) is 5. The summed E-state index contributed by atoms with van der Waals surface area (Å²) in [4.78, 5) is 9.61. The molecule has 1 heterocycles. The second kappa shape index (κ2) is 6.95. The van der Waals surface area contributed by atoms with Gasteiger partial charge in [0.2, 0.25) is 0 Å². The van der Waals surface area contributed by atoms with Gasteiger partial charge in [-0.2, -0.15) is 0 Å². The van der Waals surface area contributed by atoms with Crippen molar-refractivity contribution in [2.45, 2.75) is 16.5 Å². The normalized spacial score (nSPS) is 10.4. The molecule has 0 atom stereocenters. The standard InChI is InChI=1S/C17H16N4S/c18-15-16(19-11-13-7-3-1-4-8-13)20-12-21-17(15)22-14-9-5-2-6-10-14/h1-10,12H,11,18H2,(H,19,20,21). The van der Waals surface area contributed by atoms with E-state index in [-0.39, 0.29) is 0 Å². The van der Waals surface area contributed by atoms with E-state index in [0.29, 0.717) is 18.1 Å². The predicted octanol–water partition coefficient (Wildman–Crippen LogP) is 3.82. The molecule has 0 unspecified atom stereocenters. The maximum absolute atomic E-state index is 6.19. The van der Waals surface area contributed by atoms with Crippen molar-refractivity contribution in [3.8, 4) is 0 Å². The van der Waals surface area contributed by atoms with E-state index in [2.05, 4.69) is 27.4 Å². The Balaban J connectivity index is 1.74. The maximum Gasteiger partial charge on any atom is 0.154 e. The topological polar surface area (TPSA) is 63.8 Å². The molecule has 4 nitrogen and oxygen atoms in total. The van der Waals surface area contributed by atoms with Gasteiger partial charge in [-0.15, -0.1) is 0 Å². The minimum atomic E-state index is 0.576. The van der Waals surface area contributed by atoms with E-state index in [1.54, 1.807) is 0 Å². The number of benzene rings is 2. The first-order valence-corrected chi connectivity index (χ1v) is 7.76. The Morgan fingerprint density at radius 2 is 1.59 bits per heavy atom. The minimum Gasteiger partial charge on any atom is -0.394 e. The Bertz CT molecular complexity index is 732. The number of nitrogens with two attached hydrogens (primary N) is 1. The Labute approximate surface area is 133 Å². The van der Waals surface area contributed by atoms with Crippen LogP contribution in [0.4, 0.5) is 11.5 Å². The van der Waals surface area contributed by atoms with Crippen LogP contribution in [0.3, 0.4) is 0 Å². The summed E-state index contributed by atoms with van der Waals surface area (Å²) >= 11 is 1.53. The summed E-state index contributed by atoms with van der Waals surface area (Å²) < 4.78 is 0. The Morgan fingerprint density at radius 1 is 0.909 bits per heavy atom. The van der Waals surface area contributed by atoms with Crippen LogP contribution in [0.1, 0.15) is 5.56 Å². The van der Waals surface area contributed by atoms with Crippen molar-refractivity contribution in [1.29, 1.82) is 0 Å². The summed E-state index contributed by atoms with van der Waals surface area (Å²) in [6.45, 7) is 0.678. The van der Waals surface area contributed by atoms with E-state index >= 15 is 0 Å². The summed E-state index contributed by atoms with van der Waals surface area (Å²) in [5.74, 6) is 0.664. The van der Waals surface area contributed by atoms with Gasteiger partial charge in [-0.05, 0) is 17.7 Å². The van der Waals surface area contributed by atoms with Gasteiger partial charge >= 0.3 is 0 Å². The van der Waals surface area contributed by atoms with Gasteiger partial charge in [0.05, 0.1) is 0 Å². The lowest BCUT2D eigenvalue weighted by Gasteiger charge is -2.10. The minimum absolute atomic E-state index is 0.576. The van der Waals surface area contributed by atoms with Gasteiger partial charge < -0.3 is 11.1 Å². The van der Waals surface area contributed by atoms with Crippen LogP contribution in [0.15, 0.2) is 76.9 Å². The zero-order chi connectivity index (χ0) is 15.2. The average Bonchev–Trinajstić information content (AvgIpc) is 2.58. The summed E-state index contributed by atoms with van der Waals surface area (Å²) in [7, 11) is 0. The van der Waals surface area contributed by atoms with Crippen molar-refractivity contribution in [2.24, 2.45) is 0 Å². The quantitative estimate of drug-likeness (QED) is 0.701. The van der Waals surface area contributed by atoms with Crippen LogP contribution in [0, 0.1) is 0 Å². The Kier molecular flexibility index (Phi) is 4.56. The summed E-state index contributed by atoms with van der Waals surface area (Å²) in [5.41, 5.74) is 7.94. The van der Waals surface area contributed by atoms with E-state index in [0.717, 1.165) is 9.92 Å². The zero-order valence-electron chi connectivity index (χ0n) is 11.9. The average molecular weight is 308 g/mol. The maximum atomic E-state index is 6.19. The second-order valence-electron chi connectivity index (χ2n) is 4.70. The van der Waals surface area contributed by atoms with Crippen molar-refractivity contribution in [3.05, 3.63) is 72.6 Å². The molecule has 0 bridgehead atoms. The molecule has 0 radical (unpaired) electrons. The molecule has 3 aromatic rings. The van der Waals surface area contributed by atoms with Gasteiger partial charge in [-0.3, -0.25) is 0 Å². The van der Waals surface area contributed by atoms with E-state index in [1.165, 1.54) is 23.7 Å². The molecule has 0 saturated carbocycles. The first-order valence-electron chi connectivity index (χ1n) is 6.94. The molecule has 2 aromatic carbocycles. The van der Waals surface area contributed by atoms with E-state index < -0.39 is 0 Å². The third-order valence-electron chi connectivity index (χ3n) is 3.11. The fraction of sp³-hybridized carbons (Fsp3) is 0.0588. The summed E-state index contributed by atoms with van der Waals surface area (Å²) in [5, 5.41) is 4.03. The molecule has 0 aliphatic rings. The van der Waals surface area contributed by atoms with E-state index in [9.17, 15) is 0 Å². The van der Waals surface area contributed by atoms with Gasteiger partial charge in [0.25, 0.3) is 0 Å². The van der Waals surface area contributed by atoms with Crippen LogP contribution in [-0.4, -0.2) is 9.97 Å². The molecule has 0 spiro atoms. The molecule has 5 heteroatoms. The molecule has 3 N–H and O–H groups in total. The third-order valence-corrected chi connectivity index (χ3v) is 4.13. The highest BCUT2D eigenvalue weighted by Gasteiger charge is 2.09. The molecule has 0 amide bonds. The second-order valence-corrected chi connectivity index (χ2v) is 5.76. The van der Waals surface area contributed by atoms with Crippen molar-refractivity contribution in [3.63, 3.8) is 0 Å². The molecule has 0 aliphatic heterocycles. The molecule has 110 valence electrons. The largest absolute Gasteiger partial charge is 0.394 e. The van der Waals surface area contributed by atoms with Gasteiger partial charge in [0.1, 0.15) is 17.0 Å². The third kappa shape index (κ3) is 3.56. The monoisotopic (exact) mass is 308 g/mol. The number of aromatic nitrogens is 2. The first kappa shape index (κ1) is 14.4. The Hall–Kier alpha value is -2.53. The van der Waals surface area contributed by atoms with Gasteiger partial charge in [-0.25, -0.2) is 9.97 Å². The Morgan fingerprint density at radius 3 is 2.32 bits per heavy atom. The van der Waals surface area contributed by atoms with Crippen LogP contribution >= 0.6 is 11.8 Å². The lowest BCUT2D eigenvalue weighted by molar-refractivity contribution is 1.03. The number of nitrogens with one attached hydrogen (secondary N) is 1. The fourth-order valence-electron chi connectivity index (χ4n) is 1.98. The van der Waals surface area contributed by atoms with Crippen molar-refractivity contribution >= 4 is 23.3 Å². The SMILES string of the molecule is Nc1c(NCc2ccccc2)ncnc1Sc1ccccc1. The molecular formula is C17H16N4S. The smallest absolute Gasteiger partial charge is 0.154 e. The molecular weight excluding hydrogens is 292 g/mol. The van der Waals surface area contributed by atoms with Crippen LogP contribution in [0.5, 0.6) is 0 Å². The molecule has 1 aromatic heterocycles. The number of nitrogens with zero attached hydrogens (tertiary/aromatic N) is 2. The molecule has 3 rings (SSSR count). The lowest BCUT2D eigenvalue weighted by Crippen LogP contribution is -2.06. The highest BCUT2D eigenvalue weighted by Crippen LogP contribution is 2.32. The van der Waals surface area contributed by atoms with Crippen LogP contribution in [-0.2, 0) is 6.54 Å². The van der Waals surface area contributed by atoms with Crippen LogP contribution in [0.2, 0.25) is 0 Å². The number of anilines is 2. The molecule has 22 heavy (non-hydrogen) atoms. The fourth-order valence-corrected chi connectivity index (χ4v) is 2.81. The number of nitrogen functional groups attached to an aromatic ring is 1. The number of hydrogen-bond donors (Lipinski definition) is 2. The summed E-state index contributed by atoms with van der Waals surface area (Å²) in [6, 6.07) is 20.2. The highest BCUT2D eigenvalue weighted by atomic mass is 32.2. The number of rotatable bonds is 5. The van der Waals surface area contributed by atoms with Crippen LogP contribution < -0.4 is 11.1 Å². The van der Waals surface area contributed by atoms with Crippen molar-refractivity contribution < 1.29 is 0 Å². The van der Waals surface area contributed by atoms with E-state index in [1.807, 2.05) is 48.5 Å². The molecule has 0 saturated heterocycles. The van der Waals surface area contributed by atoms with Gasteiger partial charge in [0, 0.05) is 11.4 Å². The van der Waals surface area contributed by atoms with Crippen LogP contribution in [0.25, 0.3) is 0 Å².